The zero-order chi connectivity index (χ0) is 9.42. The Hall–Kier alpha value is -1.28. The van der Waals surface area contributed by atoms with Crippen molar-refractivity contribution in [2.24, 2.45) is 7.05 Å². The number of rotatable bonds is 1. The lowest BCUT2D eigenvalue weighted by Crippen LogP contribution is -1.86. The van der Waals surface area contributed by atoms with Crippen molar-refractivity contribution in [3.8, 4) is 0 Å². The van der Waals surface area contributed by atoms with Crippen molar-refractivity contribution in [2.75, 3.05) is 0 Å². The highest BCUT2D eigenvalue weighted by Gasteiger charge is 2.04. The fraction of sp³-hybridized carbons (Fsp3) is 0.100. The van der Waals surface area contributed by atoms with Crippen molar-refractivity contribution >= 4 is 28.7 Å². The maximum Gasteiger partial charge on any atom is 0.142 e. The summed E-state index contributed by atoms with van der Waals surface area (Å²) in [6.45, 7) is 3.74. The average Bonchev–Trinajstić information content (AvgIpc) is 2.43. The molecular formula is C10H9ClN2. The van der Waals surface area contributed by atoms with Crippen LogP contribution in [0.5, 0.6) is 0 Å². The molecule has 2 nitrogen and oxygen atoms in total. The molecule has 0 aliphatic rings. The zero-order valence-corrected chi connectivity index (χ0v) is 8.04. The molecule has 66 valence electrons. The first kappa shape index (κ1) is 8.32. The molecule has 0 bridgehead atoms. The van der Waals surface area contributed by atoms with Crippen molar-refractivity contribution in [1.29, 1.82) is 0 Å². The van der Waals surface area contributed by atoms with E-state index in [-0.39, 0.29) is 0 Å². The normalized spacial score (nSPS) is 10.6. The average molecular weight is 193 g/mol. The van der Waals surface area contributed by atoms with E-state index in [0.29, 0.717) is 5.15 Å². The second-order valence-electron chi connectivity index (χ2n) is 2.90. The lowest BCUT2D eigenvalue weighted by atomic mass is 10.2. The number of halogens is 1. The van der Waals surface area contributed by atoms with Gasteiger partial charge in [-0.15, -0.1) is 0 Å². The van der Waals surface area contributed by atoms with E-state index in [2.05, 4.69) is 11.6 Å². The van der Waals surface area contributed by atoms with E-state index in [4.69, 9.17) is 11.6 Å². The molecule has 0 unspecified atom stereocenters. The van der Waals surface area contributed by atoms with Crippen molar-refractivity contribution in [1.82, 2.24) is 9.55 Å². The lowest BCUT2D eigenvalue weighted by Gasteiger charge is -1.94. The van der Waals surface area contributed by atoms with Crippen LogP contribution < -0.4 is 0 Å². The van der Waals surface area contributed by atoms with E-state index < -0.39 is 0 Å². The summed E-state index contributed by atoms with van der Waals surface area (Å²) >= 11 is 5.79. The predicted octanol–water partition coefficient (Wildman–Crippen LogP) is 2.87. The van der Waals surface area contributed by atoms with Crippen molar-refractivity contribution in [3.63, 3.8) is 0 Å². The monoisotopic (exact) mass is 192 g/mol. The smallest absolute Gasteiger partial charge is 0.142 e. The van der Waals surface area contributed by atoms with Gasteiger partial charge >= 0.3 is 0 Å². The third kappa shape index (κ3) is 1.23. The van der Waals surface area contributed by atoms with E-state index >= 15 is 0 Å². The van der Waals surface area contributed by atoms with Gasteiger partial charge in [-0.2, -0.15) is 0 Å². The quantitative estimate of drug-likeness (QED) is 0.636. The maximum atomic E-state index is 5.79. The van der Waals surface area contributed by atoms with Gasteiger partial charge in [0, 0.05) is 24.2 Å². The van der Waals surface area contributed by atoms with Gasteiger partial charge in [-0.3, -0.25) is 0 Å². The van der Waals surface area contributed by atoms with Crippen molar-refractivity contribution < 1.29 is 0 Å². The van der Waals surface area contributed by atoms with Crippen LogP contribution in [-0.4, -0.2) is 9.55 Å². The van der Waals surface area contributed by atoms with Gasteiger partial charge in [-0.25, -0.2) is 4.98 Å². The fourth-order valence-electron chi connectivity index (χ4n) is 1.42. The Balaban J connectivity index is 2.88. The lowest BCUT2D eigenvalue weighted by molar-refractivity contribution is 0.947. The molecule has 0 aromatic carbocycles. The van der Waals surface area contributed by atoms with Crippen LogP contribution in [0.3, 0.4) is 0 Å². The minimum absolute atomic E-state index is 0.518. The Labute approximate surface area is 81.5 Å². The first-order valence-electron chi connectivity index (χ1n) is 3.96. The van der Waals surface area contributed by atoms with Gasteiger partial charge in [-0.05, 0) is 12.1 Å². The number of hydrogen-bond donors (Lipinski definition) is 0. The van der Waals surface area contributed by atoms with Crippen LogP contribution in [-0.2, 0) is 7.05 Å². The summed E-state index contributed by atoms with van der Waals surface area (Å²) in [5.41, 5.74) is 1.98. The van der Waals surface area contributed by atoms with E-state index in [1.54, 1.807) is 6.07 Å². The molecule has 0 saturated heterocycles. The molecule has 0 fully saturated rings. The van der Waals surface area contributed by atoms with Gasteiger partial charge in [0.2, 0.25) is 0 Å². The Morgan fingerprint density at radius 1 is 1.54 bits per heavy atom. The molecule has 2 aromatic heterocycles. The molecular weight excluding hydrogens is 184 g/mol. The molecule has 3 heteroatoms. The van der Waals surface area contributed by atoms with Gasteiger partial charge in [0.05, 0.1) is 0 Å². The second kappa shape index (κ2) is 2.89. The summed E-state index contributed by atoms with van der Waals surface area (Å²) in [5, 5.41) is 1.60. The second-order valence-corrected chi connectivity index (χ2v) is 3.29. The molecule has 0 aliphatic heterocycles. The van der Waals surface area contributed by atoms with Crippen LogP contribution in [0.2, 0.25) is 5.15 Å². The molecule has 2 aromatic rings. The minimum atomic E-state index is 0.518. The van der Waals surface area contributed by atoms with Gasteiger partial charge in [0.15, 0.2) is 0 Å². The Morgan fingerprint density at radius 3 is 3.00 bits per heavy atom. The Bertz CT molecular complexity index is 471. The zero-order valence-electron chi connectivity index (χ0n) is 7.29. The molecule has 2 rings (SSSR count). The SMILES string of the molecule is C=Cc1cn(C)c2nc(Cl)ccc12. The largest absolute Gasteiger partial charge is 0.335 e. The number of aryl methyl sites for hydroxylation is 1. The minimum Gasteiger partial charge on any atom is -0.335 e. The molecule has 0 radical (unpaired) electrons. The number of fused-ring (bicyclic) bond motifs is 1. The van der Waals surface area contributed by atoms with E-state index in [9.17, 15) is 0 Å². The van der Waals surface area contributed by atoms with Crippen molar-refractivity contribution in [2.45, 2.75) is 0 Å². The molecule has 0 atom stereocenters. The van der Waals surface area contributed by atoms with Crippen LogP contribution in [0.4, 0.5) is 0 Å². The Kier molecular flexibility index (Phi) is 1.85. The summed E-state index contributed by atoms with van der Waals surface area (Å²) in [6, 6.07) is 3.75. The van der Waals surface area contributed by atoms with Gasteiger partial charge in [-0.1, -0.05) is 24.3 Å². The van der Waals surface area contributed by atoms with Gasteiger partial charge in [0.1, 0.15) is 10.8 Å². The first-order chi connectivity index (χ1) is 6.22. The highest BCUT2D eigenvalue weighted by Crippen LogP contribution is 2.21. The summed E-state index contributed by atoms with van der Waals surface area (Å²) in [6.07, 6.45) is 3.80. The highest BCUT2D eigenvalue weighted by molar-refractivity contribution is 6.29. The molecule has 2 heterocycles. The number of hydrogen-bond acceptors (Lipinski definition) is 1. The number of pyridine rings is 1. The maximum absolute atomic E-state index is 5.79. The highest BCUT2D eigenvalue weighted by atomic mass is 35.5. The van der Waals surface area contributed by atoms with Crippen LogP contribution in [0.1, 0.15) is 5.56 Å². The first-order valence-corrected chi connectivity index (χ1v) is 4.34. The van der Waals surface area contributed by atoms with Gasteiger partial charge in [0.25, 0.3) is 0 Å². The number of aromatic nitrogens is 2. The van der Waals surface area contributed by atoms with Crippen LogP contribution in [0.15, 0.2) is 24.9 Å². The van der Waals surface area contributed by atoms with E-state index in [1.165, 1.54) is 0 Å². The summed E-state index contributed by atoms with van der Waals surface area (Å²) < 4.78 is 1.94. The molecule has 0 N–H and O–H groups in total. The van der Waals surface area contributed by atoms with E-state index in [1.807, 2.05) is 30.0 Å². The third-order valence-corrected chi connectivity index (χ3v) is 2.25. The molecule has 0 spiro atoms. The van der Waals surface area contributed by atoms with Crippen molar-refractivity contribution in [3.05, 3.63) is 35.6 Å². The van der Waals surface area contributed by atoms with Crippen LogP contribution in [0, 0.1) is 0 Å². The predicted molar refractivity (Wildman–Crippen MR) is 55.8 cm³/mol. The third-order valence-electron chi connectivity index (χ3n) is 2.04. The number of nitrogens with zero attached hydrogens (tertiary/aromatic N) is 2. The summed E-state index contributed by atoms with van der Waals surface area (Å²) in [5.74, 6) is 0. The summed E-state index contributed by atoms with van der Waals surface area (Å²) in [4.78, 5) is 4.22. The summed E-state index contributed by atoms with van der Waals surface area (Å²) in [7, 11) is 1.94. The molecule has 13 heavy (non-hydrogen) atoms. The molecule has 0 saturated carbocycles. The van der Waals surface area contributed by atoms with E-state index in [0.717, 1.165) is 16.6 Å². The molecule has 0 aliphatic carbocycles. The Morgan fingerprint density at radius 2 is 2.31 bits per heavy atom. The fourth-order valence-corrected chi connectivity index (χ4v) is 1.56. The standard InChI is InChI=1S/C10H9ClN2/c1-3-7-6-13(2)10-8(7)4-5-9(11)12-10/h3-6H,1H2,2H3. The molecule has 0 amide bonds. The van der Waals surface area contributed by atoms with Crippen LogP contribution >= 0.6 is 11.6 Å². The van der Waals surface area contributed by atoms with Crippen LogP contribution in [0.25, 0.3) is 17.1 Å². The topological polar surface area (TPSA) is 17.8 Å². The van der Waals surface area contributed by atoms with Gasteiger partial charge < -0.3 is 4.57 Å².